The van der Waals surface area contributed by atoms with Crippen LogP contribution in [0.3, 0.4) is 0 Å². The van der Waals surface area contributed by atoms with Gasteiger partial charge in [-0.15, -0.1) is 12.4 Å². The second-order valence-electron chi connectivity index (χ2n) is 5.29. The van der Waals surface area contributed by atoms with E-state index < -0.39 is 12.1 Å². The molecule has 0 saturated carbocycles. The van der Waals surface area contributed by atoms with Crippen LogP contribution in [0, 0.1) is 5.92 Å². The van der Waals surface area contributed by atoms with Gasteiger partial charge in [-0.2, -0.15) is 0 Å². The fraction of sp³-hybridized carbons (Fsp3) is 0.533. The zero-order valence-electron chi connectivity index (χ0n) is 12.2. The van der Waals surface area contributed by atoms with E-state index in [1.165, 1.54) is 0 Å². The van der Waals surface area contributed by atoms with Crippen molar-refractivity contribution in [3.63, 3.8) is 0 Å². The zero-order chi connectivity index (χ0) is 15.2. The van der Waals surface area contributed by atoms with Crippen molar-refractivity contribution in [2.45, 2.75) is 25.0 Å². The first-order valence-corrected chi connectivity index (χ1v) is 7.50. The van der Waals surface area contributed by atoms with Crippen LogP contribution in [0.1, 0.15) is 24.5 Å². The lowest BCUT2D eigenvalue weighted by molar-refractivity contribution is -0.124. The highest BCUT2D eigenvalue weighted by atomic mass is 35.5. The molecule has 0 radical (unpaired) electrons. The molecule has 124 valence electrons. The molecule has 5 nitrogen and oxygen atoms in total. The van der Waals surface area contributed by atoms with E-state index in [-0.39, 0.29) is 30.8 Å². The van der Waals surface area contributed by atoms with E-state index in [1.807, 2.05) is 0 Å². The summed E-state index contributed by atoms with van der Waals surface area (Å²) in [7, 11) is 0. The number of aliphatic hydroxyl groups excluding tert-OH is 1. The Morgan fingerprint density at radius 2 is 1.95 bits per heavy atom. The minimum atomic E-state index is -0.770. The Morgan fingerprint density at radius 1 is 1.36 bits per heavy atom. The second-order valence-corrected chi connectivity index (χ2v) is 5.72. The van der Waals surface area contributed by atoms with Crippen molar-refractivity contribution in [2.75, 3.05) is 19.8 Å². The molecular weight excluding hydrogens is 327 g/mol. The average molecular weight is 349 g/mol. The molecule has 1 aromatic carbocycles. The largest absolute Gasteiger partial charge is 0.387 e. The number of ether oxygens (including phenoxy) is 1. The summed E-state index contributed by atoms with van der Waals surface area (Å²) in [6, 6.07) is 6.33. The number of hydrogen-bond acceptors (Lipinski definition) is 4. The third-order valence-corrected chi connectivity index (χ3v) is 4.05. The summed E-state index contributed by atoms with van der Waals surface area (Å²) in [5.41, 5.74) is 6.68. The van der Waals surface area contributed by atoms with E-state index in [0.717, 1.165) is 12.8 Å². The summed E-state index contributed by atoms with van der Waals surface area (Å²) in [6.45, 7) is 1.44. The van der Waals surface area contributed by atoms with Gasteiger partial charge in [-0.3, -0.25) is 4.79 Å². The Balaban J connectivity index is 0.00000242. The maximum absolute atomic E-state index is 12.0. The van der Waals surface area contributed by atoms with Crippen molar-refractivity contribution in [1.82, 2.24) is 5.32 Å². The Bertz CT molecular complexity index is 464. The van der Waals surface area contributed by atoms with E-state index in [2.05, 4.69) is 5.32 Å². The van der Waals surface area contributed by atoms with Crippen LogP contribution in [0.5, 0.6) is 0 Å². The van der Waals surface area contributed by atoms with Gasteiger partial charge in [-0.1, -0.05) is 23.7 Å². The van der Waals surface area contributed by atoms with E-state index in [1.54, 1.807) is 24.3 Å². The van der Waals surface area contributed by atoms with Crippen LogP contribution in [-0.2, 0) is 9.53 Å². The van der Waals surface area contributed by atoms with Crippen LogP contribution in [-0.4, -0.2) is 36.8 Å². The summed E-state index contributed by atoms with van der Waals surface area (Å²) in [6.07, 6.45) is 0.830. The van der Waals surface area contributed by atoms with Gasteiger partial charge in [0.25, 0.3) is 0 Å². The molecule has 0 bridgehead atoms. The number of benzene rings is 1. The normalized spacial score (nSPS) is 18.1. The fourth-order valence-corrected chi connectivity index (χ4v) is 2.53. The smallest absolute Gasteiger partial charge is 0.237 e. The topological polar surface area (TPSA) is 84.6 Å². The molecule has 7 heteroatoms. The summed E-state index contributed by atoms with van der Waals surface area (Å²) in [5, 5.41) is 13.3. The van der Waals surface area contributed by atoms with Crippen molar-refractivity contribution in [3.05, 3.63) is 34.9 Å². The van der Waals surface area contributed by atoms with E-state index in [0.29, 0.717) is 23.8 Å². The second kappa shape index (κ2) is 9.33. The van der Waals surface area contributed by atoms with Crippen molar-refractivity contribution >= 4 is 29.9 Å². The van der Waals surface area contributed by atoms with Crippen molar-refractivity contribution in [1.29, 1.82) is 0 Å². The Kier molecular flexibility index (Phi) is 8.14. The minimum Gasteiger partial charge on any atom is -0.387 e. The van der Waals surface area contributed by atoms with Crippen LogP contribution in [0.2, 0.25) is 5.02 Å². The van der Waals surface area contributed by atoms with Gasteiger partial charge >= 0.3 is 0 Å². The number of carbonyl (C=O) groups excluding carboxylic acids is 1. The molecule has 1 aromatic rings. The molecule has 2 atom stereocenters. The molecule has 1 amide bonds. The molecule has 0 spiro atoms. The first-order valence-electron chi connectivity index (χ1n) is 7.12. The number of aliphatic hydroxyl groups is 1. The van der Waals surface area contributed by atoms with Crippen LogP contribution >= 0.6 is 24.0 Å². The third kappa shape index (κ3) is 5.41. The minimum absolute atomic E-state index is 0. The monoisotopic (exact) mass is 348 g/mol. The highest BCUT2D eigenvalue weighted by Crippen LogP contribution is 2.18. The van der Waals surface area contributed by atoms with E-state index in [9.17, 15) is 9.90 Å². The van der Waals surface area contributed by atoms with Crippen molar-refractivity contribution in [2.24, 2.45) is 11.7 Å². The number of hydrogen-bond donors (Lipinski definition) is 3. The van der Waals surface area contributed by atoms with Crippen molar-refractivity contribution < 1.29 is 14.6 Å². The molecule has 2 rings (SSSR count). The SMILES string of the molecule is Cl.NC(C(=O)NCC(O)c1ccc(Cl)cc1)C1CCOCC1. The zero-order valence-corrected chi connectivity index (χ0v) is 13.8. The van der Waals surface area contributed by atoms with E-state index >= 15 is 0 Å². The number of carbonyl (C=O) groups is 1. The molecule has 1 aliphatic heterocycles. The van der Waals surface area contributed by atoms with Crippen LogP contribution in [0.25, 0.3) is 0 Å². The quantitative estimate of drug-likeness (QED) is 0.755. The molecule has 1 aliphatic rings. The van der Waals surface area contributed by atoms with Crippen LogP contribution in [0.15, 0.2) is 24.3 Å². The lowest BCUT2D eigenvalue weighted by Crippen LogP contribution is -2.47. The summed E-state index contributed by atoms with van der Waals surface area (Å²) in [4.78, 5) is 12.0. The fourth-order valence-electron chi connectivity index (χ4n) is 2.41. The predicted molar refractivity (Wildman–Crippen MR) is 88.2 cm³/mol. The Labute approximate surface area is 141 Å². The molecule has 2 unspecified atom stereocenters. The third-order valence-electron chi connectivity index (χ3n) is 3.80. The molecule has 22 heavy (non-hydrogen) atoms. The van der Waals surface area contributed by atoms with Gasteiger partial charge in [-0.25, -0.2) is 0 Å². The molecule has 1 heterocycles. The van der Waals surface area contributed by atoms with Gasteiger partial charge < -0.3 is 20.9 Å². The number of nitrogens with two attached hydrogens (primary N) is 1. The molecule has 1 fully saturated rings. The lowest BCUT2D eigenvalue weighted by Gasteiger charge is -2.27. The molecular formula is C15H22Cl2N2O3. The van der Waals surface area contributed by atoms with E-state index in [4.69, 9.17) is 22.1 Å². The number of rotatable bonds is 5. The maximum atomic E-state index is 12.0. The summed E-state index contributed by atoms with van der Waals surface area (Å²) >= 11 is 5.79. The van der Waals surface area contributed by atoms with Gasteiger partial charge in [0.05, 0.1) is 12.1 Å². The first-order chi connectivity index (χ1) is 10.1. The average Bonchev–Trinajstić information content (AvgIpc) is 2.53. The van der Waals surface area contributed by atoms with Gasteiger partial charge in [0.1, 0.15) is 0 Å². The van der Waals surface area contributed by atoms with Gasteiger partial charge in [0, 0.05) is 24.8 Å². The Hall–Kier alpha value is -0.850. The van der Waals surface area contributed by atoms with Crippen LogP contribution in [0.4, 0.5) is 0 Å². The summed E-state index contributed by atoms with van der Waals surface area (Å²) in [5.74, 6) is -0.0821. The molecule has 1 saturated heterocycles. The number of halogens is 2. The molecule has 4 N–H and O–H groups in total. The van der Waals surface area contributed by atoms with Gasteiger partial charge in [0.15, 0.2) is 0 Å². The molecule has 0 aromatic heterocycles. The maximum Gasteiger partial charge on any atom is 0.237 e. The number of amides is 1. The lowest BCUT2D eigenvalue weighted by atomic mass is 9.92. The van der Waals surface area contributed by atoms with Gasteiger partial charge in [0.2, 0.25) is 5.91 Å². The molecule has 0 aliphatic carbocycles. The Morgan fingerprint density at radius 3 is 2.55 bits per heavy atom. The summed E-state index contributed by atoms with van der Waals surface area (Å²) < 4.78 is 5.26. The first kappa shape index (κ1) is 19.2. The van der Waals surface area contributed by atoms with Gasteiger partial charge in [-0.05, 0) is 36.5 Å². The highest BCUT2D eigenvalue weighted by Gasteiger charge is 2.26. The van der Waals surface area contributed by atoms with Crippen molar-refractivity contribution in [3.8, 4) is 0 Å². The highest BCUT2D eigenvalue weighted by molar-refractivity contribution is 6.30. The number of nitrogens with one attached hydrogen (secondary N) is 1. The standard InChI is InChI=1S/C15H21ClN2O3.ClH/c16-12-3-1-10(2-4-12)13(19)9-18-15(20)14(17)11-5-7-21-8-6-11;/h1-4,11,13-14,19H,5-9,17H2,(H,18,20);1H. The van der Waals surface area contributed by atoms with Crippen LogP contribution < -0.4 is 11.1 Å². The predicted octanol–water partition coefficient (Wildman–Crippen LogP) is 1.67.